The van der Waals surface area contributed by atoms with E-state index in [9.17, 15) is 13.2 Å². The van der Waals surface area contributed by atoms with Gasteiger partial charge < -0.3 is 10.2 Å². The SMILES string of the molecule is Cc1ncnc(NNCCc2ccc(Oc3ccc(C(F)(F)F)cn3)cc2)c1Cl. The van der Waals surface area contributed by atoms with Crippen LogP contribution in [0.4, 0.5) is 19.0 Å². The molecule has 0 unspecified atom stereocenters. The molecule has 0 aliphatic rings. The Bertz CT molecular complexity index is 950. The van der Waals surface area contributed by atoms with Crippen LogP contribution in [0.2, 0.25) is 5.02 Å². The Hall–Kier alpha value is -2.91. The number of aromatic nitrogens is 3. The number of pyridine rings is 1. The van der Waals surface area contributed by atoms with Gasteiger partial charge in [-0.05, 0) is 37.1 Å². The van der Waals surface area contributed by atoms with E-state index in [-0.39, 0.29) is 5.88 Å². The predicted octanol–water partition coefficient (Wildman–Crippen LogP) is 4.80. The van der Waals surface area contributed by atoms with Crippen LogP contribution in [0.1, 0.15) is 16.8 Å². The number of alkyl halides is 3. The summed E-state index contributed by atoms with van der Waals surface area (Å²) in [5.74, 6) is 1.08. The zero-order valence-electron chi connectivity index (χ0n) is 15.3. The third kappa shape index (κ3) is 5.78. The highest BCUT2D eigenvalue weighted by Crippen LogP contribution is 2.30. The van der Waals surface area contributed by atoms with Crippen LogP contribution in [0.15, 0.2) is 48.9 Å². The average molecular weight is 424 g/mol. The molecule has 29 heavy (non-hydrogen) atoms. The summed E-state index contributed by atoms with van der Waals surface area (Å²) < 4.78 is 43.1. The van der Waals surface area contributed by atoms with Gasteiger partial charge in [-0.3, -0.25) is 0 Å². The molecule has 0 spiro atoms. The second-order valence-corrected chi connectivity index (χ2v) is 6.43. The molecule has 0 aliphatic carbocycles. The van der Waals surface area contributed by atoms with Crippen LogP contribution >= 0.6 is 11.6 Å². The molecule has 3 aromatic rings. The normalized spacial score (nSPS) is 11.3. The number of hydrazine groups is 1. The molecule has 152 valence electrons. The van der Waals surface area contributed by atoms with Gasteiger partial charge in [0.15, 0.2) is 5.82 Å². The lowest BCUT2D eigenvalue weighted by Gasteiger charge is -2.10. The van der Waals surface area contributed by atoms with E-state index in [0.717, 1.165) is 17.8 Å². The molecule has 1 aromatic carbocycles. The summed E-state index contributed by atoms with van der Waals surface area (Å²) in [6.45, 7) is 2.40. The van der Waals surface area contributed by atoms with Gasteiger partial charge in [0.1, 0.15) is 17.1 Å². The lowest BCUT2D eigenvalue weighted by atomic mass is 10.1. The van der Waals surface area contributed by atoms with Gasteiger partial charge in [-0.1, -0.05) is 23.7 Å². The molecular formula is C19H17ClF3N5O. The Kier molecular flexibility index (Phi) is 6.50. The van der Waals surface area contributed by atoms with Gasteiger partial charge in [0.2, 0.25) is 5.88 Å². The molecule has 0 aliphatic heterocycles. The van der Waals surface area contributed by atoms with Gasteiger partial charge in [0.25, 0.3) is 0 Å². The molecule has 0 bridgehead atoms. The van der Waals surface area contributed by atoms with Crippen molar-refractivity contribution in [1.82, 2.24) is 20.4 Å². The van der Waals surface area contributed by atoms with Crippen LogP contribution in [0, 0.1) is 6.92 Å². The standard InChI is InChI=1S/C19H17ClF3N5O/c1-12-17(20)18(26-11-25-12)28-27-9-8-13-2-5-15(6-3-13)29-16-7-4-14(10-24-16)19(21,22)23/h2-7,10-11,27H,8-9H2,1H3,(H,25,26,28). The Morgan fingerprint density at radius 3 is 2.45 bits per heavy atom. The van der Waals surface area contributed by atoms with Crippen molar-refractivity contribution in [3.63, 3.8) is 0 Å². The molecule has 2 N–H and O–H groups in total. The first-order chi connectivity index (χ1) is 13.8. The summed E-state index contributed by atoms with van der Waals surface area (Å²) in [7, 11) is 0. The van der Waals surface area contributed by atoms with Crippen molar-refractivity contribution < 1.29 is 17.9 Å². The summed E-state index contributed by atoms with van der Waals surface area (Å²) in [4.78, 5) is 11.7. The van der Waals surface area contributed by atoms with Crippen LogP contribution in [-0.4, -0.2) is 21.5 Å². The number of nitrogens with one attached hydrogen (secondary N) is 2. The highest BCUT2D eigenvalue weighted by molar-refractivity contribution is 6.33. The molecule has 0 atom stereocenters. The Labute approximate surface area is 170 Å². The number of ether oxygens (including phenoxy) is 1. The van der Waals surface area contributed by atoms with E-state index in [1.165, 1.54) is 12.4 Å². The lowest BCUT2D eigenvalue weighted by molar-refractivity contribution is -0.137. The van der Waals surface area contributed by atoms with Crippen LogP contribution in [0.25, 0.3) is 0 Å². The number of halogens is 4. The van der Waals surface area contributed by atoms with Crippen molar-refractivity contribution in [1.29, 1.82) is 0 Å². The largest absolute Gasteiger partial charge is 0.439 e. The molecule has 0 saturated carbocycles. The first-order valence-electron chi connectivity index (χ1n) is 8.59. The third-order valence-corrected chi connectivity index (χ3v) is 4.37. The highest BCUT2D eigenvalue weighted by Gasteiger charge is 2.30. The number of benzene rings is 1. The van der Waals surface area contributed by atoms with E-state index in [0.29, 0.717) is 35.2 Å². The summed E-state index contributed by atoms with van der Waals surface area (Å²) in [6, 6.07) is 9.30. The summed E-state index contributed by atoms with van der Waals surface area (Å²) in [5, 5.41) is 0.457. The summed E-state index contributed by atoms with van der Waals surface area (Å²) in [6.07, 6.45) is -1.54. The van der Waals surface area contributed by atoms with E-state index < -0.39 is 11.7 Å². The molecule has 0 saturated heterocycles. The maximum atomic E-state index is 12.5. The molecular weight excluding hydrogens is 407 g/mol. The summed E-state index contributed by atoms with van der Waals surface area (Å²) >= 11 is 6.10. The number of nitrogens with zero attached hydrogens (tertiary/aromatic N) is 3. The van der Waals surface area contributed by atoms with Crippen molar-refractivity contribution in [2.75, 3.05) is 12.0 Å². The van der Waals surface area contributed by atoms with Gasteiger partial charge in [-0.2, -0.15) is 13.2 Å². The van der Waals surface area contributed by atoms with E-state index >= 15 is 0 Å². The first kappa shape index (κ1) is 20.8. The second kappa shape index (κ2) is 9.06. The first-order valence-corrected chi connectivity index (χ1v) is 8.97. The van der Waals surface area contributed by atoms with Crippen molar-refractivity contribution in [2.24, 2.45) is 0 Å². The van der Waals surface area contributed by atoms with Gasteiger partial charge in [-0.15, -0.1) is 0 Å². The van der Waals surface area contributed by atoms with Gasteiger partial charge in [0.05, 0.1) is 11.3 Å². The predicted molar refractivity (Wildman–Crippen MR) is 103 cm³/mol. The van der Waals surface area contributed by atoms with Crippen molar-refractivity contribution in [3.8, 4) is 11.6 Å². The van der Waals surface area contributed by atoms with Crippen LogP contribution < -0.4 is 15.6 Å². The van der Waals surface area contributed by atoms with Gasteiger partial charge in [-0.25, -0.2) is 20.4 Å². The Morgan fingerprint density at radius 2 is 1.79 bits per heavy atom. The zero-order valence-corrected chi connectivity index (χ0v) is 16.1. The van der Waals surface area contributed by atoms with Crippen molar-refractivity contribution >= 4 is 17.4 Å². The van der Waals surface area contributed by atoms with Gasteiger partial charge in [0, 0.05) is 18.8 Å². The molecule has 10 heteroatoms. The zero-order chi connectivity index (χ0) is 20.9. The maximum Gasteiger partial charge on any atom is 0.417 e. The quantitative estimate of drug-likeness (QED) is 0.420. The smallest absolute Gasteiger partial charge is 0.417 e. The molecule has 3 rings (SSSR count). The third-order valence-electron chi connectivity index (χ3n) is 3.92. The van der Waals surface area contributed by atoms with Crippen molar-refractivity contribution in [3.05, 3.63) is 70.8 Å². The highest BCUT2D eigenvalue weighted by atomic mass is 35.5. The monoisotopic (exact) mass is 423 g/mol. The number of aryl methyl sites for hydroxylation is 1. The van der Waals surface area contributed by atoms with Gasteiger partial charge >= 0.3 is 6.18 Å². The number of rotatable bonds is 7. The van der Waals surface area contributed by atoms with E-state index in [1.807, 2.05) is 12.1 Å². The fourth-order valence-electron chi connectivity index (χ4n) is 2.35. The van der Waals surface area contributed by atoms with Crippen LogP contribution in [0.3, 0.4) is 0 Å². The number of hydrogen-bond acceptors (Lipinski definition) is 6. The Morgan fingerprint density at radius 1 is 1.03 bits per heavy atom. The van der Waals surface area contributed by atoms with Crippen LogP contribution in [-0.2, 0) is 12.6 Å². The minimum atomic E-state index is -4.42. The van der Waals surface area contributed by atoms with E-state index in [4.69, 9.17) is 16.3 Å². The molecule has 0 fully saturated rings. The summed E-state index contributed by atoms with van der Waals surface area (Å²) in [5.41, 5.74) is 6.87. The fourth-order valence-corrected chi connectivity index (χ4v) is 2.50. The maximum absolute atomic E-state index is 12.5. The van der Waals surface area contributed by atoms with E-state index in [1.54, 1.807) is 19.1 Å². The molecule has 6 nitrogen and oxygen atoms in total. The van der Waals surface area contributed by atoms with E-state index in [2.05, 4.69) is 25.8 Å². The Balaban J connectivity index is 1.48. The van der Waals surface area contributed by atoms with Crippen LogP contribution in [0.5, 0.6) is 11.6 Å². The molecule has 2 aromatic heterocycles. The molecule has 0 amide bonds. The lowest BCUT2D eigenvalue weighted by Crippen LogP contribution is -2.25. The minimum Gasteiger partial charge on any atom is -0.439 e. The number of anilines is 1. The van der Waals surface area contributed by atoms with Crippen molar-refractivity contribution in [2.45, 2.75) is 19.5 Å². The molecule has 0 radical (unpaired) electrons. The molecule has 2 heterocycles. The number of hydrogen-bond donors (Lipinski definition) is 2. The fraction of sp³-hybridized carbons (Fsp3) is 0.211. The minimum absolute atomic E-state index is 0.0913. The topological polar surface area (TPSA) is 72.0 Å². The second-order valence-electron chi connectivity index (χ2n) is 6.05. The average Bonchev–Trinajstić information content (AvgIpc) is 2.69.